The number of benzene rings is 2. The van der Waals surface area contributed by atoms with Crippen molar-refractivity contribution in [1.29, 1.82) is 0 Å². The van der Waals surface area contributed by atoms with E-state index in [0.29, 0.717) is 40.3 Å². The third kappa shape index (κ3) is 4.22. The third-order valence-electron chi connectivity index (χ3n) is 6.40. The first-order chi connectivity index (χ1) is 15.3. The molecule has 1 amide bonds. The van der Waals surface area contributed by atoms with Gasteiger partial charge >= 0.3 is 6.18 Å². The molecule has 0 bridgehead atoms. The highest BCUT2D eigenvalue weighted by Gasteiger charge is 2.42. The van der Waals surface area contributed by atoms with Crippen LogP contribution in [0.5, 0.6) is 0 Å². The third-order valence-corrected chi connectivity index (χ3v) is 7.19. The maximum atomic E-state index is 13.3. The summed E-state index contributed by atoms with van der Waals surface area (Å²) >= 11 is 13.1. The smallest absolute Gasteiger partial charge is 0.375 e. The second-order valence-electron chi connectivity index (χ2n) is 8.80. The minimum absolute atomic E-state index is 0.213. The Morgan fingerprint density at radius 1 is 1.18 bits per heavy atom. The predicted molar refractivity (Wildman–Crippen MR) is 123 cm³/mol. The Hall–Kier alpha value is -2.22. The van der Waals surface area contributed by atoms with Gasteiger partial charge in [-0.2, -0.15) is 13.2 Å². The van der Waals surface area contributed by atoms with E-state index in [0.717, 1.165) is 23.2 Å². The number of amides is 1. The van der Waals surface area contributed by atoms with Crippen LogP contribution >= 0.6 is 23.2 Å². The summed E-state index contributed by atoms with van der Waals surface area (Å²) in [5.41, 5.74) is 1.56. The van der Waals surface area contributed by atoms with Crippen LogP contribution in [0.3, 0.4) is 0 Å². The summed E-state index contributed by atoms with van der Waals surface area (Å²) in [5.74, 6) is -0.213. The maximum absolute atomic E-state index is 13.3. The lowest BCUT2D eigenvalue weighted by Gasteiger charge is -2.46. The fourth-order valence-corrected chi connectivity index (χ4v) is 4.89. The van der Waals surface area contributed by atoms with Crippen LogP contribution in [-0.4, -0.2) is 41.2 Å². The number of halogens is 5. The summed E-state index contributed by atoms with van der Waals surface area (Å²) in [6.07, 6.45) is -4.17. The molecule has 1 fully saturated rings. The lowest BCUT2D eigenvalue weighted by molar-refractivity contribution is -0.137. The van der Waals surface area contributed by atoms with E-state index >= 15 is 0 Å². The molecule has 0 N–H and O–H groups in total. The molecule has 1 aromatic heterocycles. The first-order valence-corrected chi connectivity index (χ1v) is 11.1. The summed E-state index contributed by atoms with van der Waals surface area (Å²) in [6, 6.07) is 7.35. The van der Waals surface area contributed by atoms with Gasteiger partial charge in [-0.1, -0.05) is 23.2 Å². The highest BCUT2D eigenvalue weighted by Crippen LogP contribution is 2.37. The quantitative estimate of drug-likeness (QED) is 0.425. The van der Waals surface area contributed by atoms with Gasteiger partial charge in [0.25, 0.3) is 5.91 Å². The highest BCUT2D eigenvalue weighted by molar-refractivity contribution is 6.38. The molecule has 2 heterocycles. The van der Waals surface area contributed by atoms with E-state index < -0.39 is 11.7 Å². The van der Waals surface area contributed by atoms with Crippen molar-refractivity contribution in [3.63, 3.8) is 0 Å². The number of carbonyl (C=O) groups is 1. The predicted octanol–water partition coefficient (Wildman–Crippen LogP) is 6.26. The van der Waals surface area contributed by atoms with E-state index in [4.69, 9.17) is 27.9 Å². The van der Waals surface area contributed by atoms with Crippen molar-refractivity contribution in [1.82, 2.24) is 9.47 Å². The molecule has 0 radical (unpaired) electrons. The van der Waals surface area contributed by atoms with Crippen LogP contribution in [0.4, 0.5) is 13.2 Å². The Bertz CT molecular complexity index is 1260. The zero-order chi connectivity index (χ0) is 24.3. The van der Waals surface area contributed by atoms with Crippen molar-refractivity contribution >= 4 is 40.0 Å². The lowest BCUT2D eigenvalue weighted by Crippen LogP contribution is -2.62. The molecule has 0 atom stereocenters. The van der Waals surface area contributed by atoms with Crippen LogP contribution in [0, 0.1) is 6.92 Å². The first-order valence-electron chi connectivity index (χ1n) is 10.3. The van der Waals surface area contributed by atoms with Crippen molar-refractivity contribution < 1.29 is 22.7 Å². The summed E-state index contributed by atoms with van der Waals surface area (Å²) in [6.45, 7) is 4.50. The number of alkyl halides is 3. The maximum Gasteiger partial charge on any atom is 0.416 e. The van der Waals surface area contributed by atoms with Gasteiger partial charge in [0.2, 0.25) is 0 Å². The van der Waals surface area contributed by atoms with Gasteiger partial charge in [0.15, 0.2) is 0 Å². The fourth-order valence-electron chi connectivity index (χ4n) is 4.31. The first kappa shape index (κ1) is 23.9. The van der Waals surface area contributed by atoms with Crippen molar-refractivity contribution in [2.45, 2.75) is 32.0 Å². The van der Waals surface area contributed by atoms with Crippen LogP contribution in [0.1, 0.15) is 39.7 Å². The van der Waals surface area contributed by atoms with Gasteiger partial charge in [-0.25, -0.2) is 0 Å². The van der Waals surface area contributed by atoms with E-state index in [1.54, 1.807) is 42.7 Å². The number of nitrogens with zero attached hydrogens (tertiary/aromatic N) is 2. The number of aromatic nitrogens is 1. The van der Waals surface area contributed by atoms with Crippen molar-refractivity contribution in [2.75, 3.05) is 20.2 Å². The van der Waals surface area contributed by atoms with Gasteiger partial charge in [0, 0.05) is 42.2 Å². The van der Waals surface area contributed by atoms with E-state index in [1.807, 2.05) is 13.0 Å². The van der Waals surface area contributed by atoms with E-state index in [-0.39, 0.29) is 23.0 Å². The van der Waals surface area contributed by atoms with Crippen LogP contribution in [-0.2, 0) is 24.4 Å². The topological polar surface area (TPSA) is 34.5 Å². The molecule has 1 aliphatic heterocycles. The Labute approximate surface area is 199 Å². The second kappa shape index (κ2) is 8.22. The minimum Gasteiger partial charge on any atom is -0.375 e. The number of rotatable bonds is 4. The Morgan fingerprint density at radius 3 is 2.45 bits per heavy atom. The van der Waals surface area contributed by atoms with Crippen molar-refractivity contribution in [2.24, 2.45) is 7.05 Å². The molecule has 0 unspecified atom stereocenters. The van der Waals surface area contributed by atoms with E-state index in [2.05, 4.69) is 0 Å². The van der Waals surface area contributed by atoms with E-state index in [1.165, 1.54) is 0 Å². The van der Waals surface area contributed by atoms with Crippen LogP contribution in [0.25, 0.3) is 10.9 Å². The number of hydrogen-bond donors (Lipinski definition) is 0. The Morgan fingerprint density at radius 2 is 1.85 bits per heavy atom. The molecule has 3 aromatic rings. The molecule has 33 heavy (non-hydrogen) atoms. The normalized spacial score (nSPS) is 15.7. The van der Waals surface area contributed by atoms with Gasteiger partial charge in [-0.15, -0.1) is 0 Å². The second-order valence-corrected chi connectivity index (χ2v) is 9.58. The number of ether oxygens (including phenoxy) is 1. The summed E-state index contributed by atoms with van der Waals surface area (Å²) < 4.78 is 47.0. The molecule has 1 saturated heterocycles. The molecular weight excluding hydrogens is 476 g/mol. The Balaban J connectivity index is 1.70. The molecule has 1 aliphatic rings. The van der Waals surface area contributed by atoms with Crippen molar-refractivity contribution in [3.05, 3.63) is 68.3 Å². The molecule has 9 heteroatoms. The SMILES string of the molecule is COC1(C)CN(C(=O)c2ccc(Cl)c(Cc3cc4c(C)cc(C(F)(F)F)cc4n3C)c2Cl)C1. The average molecular weight is 499 g/mol. The molecule has 2 aromatic carbocycles. The number of carbonyl (C=O) groups excluding carboxylic acids is 1. The summed E-state index contributed by atoms with van der Waals surface area (Å²) in [4.78, 5) is 14.6. The number of methoxy groups -OCH3 is 1. The number of aryl methyl sites for hydroxylation is 2. The molecule has 4 rings (SSSR count). The zero-order valence-corrected chi connectivity index (χ0v) is 20.1. The lowest BCUT2D eigenvalue weighted by atomic mass is 9.95. The summed E-state index contributed by atoms with van der Waals surface area (Å²) in [7, 11) is 3.32. The van der Waals surface area contributed by atoms with Gasteiger partial charge in [0.05, 0.1) is 29.2 Å². The molecular formula is C24H23Cl2F3N2O2. The zero-order valence-electron chi connectivity index (χ0n) is 18.6. The average Bonchev–Trinajstić information content (AvgIpc) is 3.04. The van der Waals surface area contributed by atoms with Crippen molar-refractivity contribution in [3.8, 4) is 0 Å². The number of fused-ring (bicyclic) bond motifs is 1. The summed E-state index contributed by atoms with van der Waals surface area (Å²) in [5, 5.41) is 1.36. The Kier molecular flexibility index (Phi) is 5.96. The molecule has 0 spiro atoms. The number of likely N-dealkylation sites (tertiary alicyclic amines) is 1. The molecule has 0 saturated carbocycles. The molecule has 4 nitrogen and oxygen atoms in total. The highest BCUT2D eigenvalue weighted by atomic mass is 35.5. The monoisotopic (exact) mass is 498 g/mol. The standard InChI is InChI=1S/C24H23Cl2F3N2O2/c1-13-7-14(24(27,28)29)8-20-17(13)9-15(30(20)3)10-18-19(25)6-5-16(21(18)26)22(32)31-11-23(2,12-31)33-4/h5-9H,10-12H2,1-4H3. The minimum atomic E-state index is -4.43. The van der Waals surface area contributed by atoms with E-state index in [9.17, 15) is 18.0 Å². The van der Waals surface area contributed by atoms with Gasteiger partial charge in [-0.3, -0.25) is 4.79 Å². The van der Waals surface area contributed by atoms with Crippen LogP contribution in [0.2, 0.25) is 10.0 Å². The van der Waals surface area contributed by atoms with Gasteiger partial charge < -0.3 is 14.2 Å². The van der Waals surface area contributed by atoms with Crippen LogP contribution in [0.15, 0.2) is 30.3 Å². The largest absolute Gasteiger partial charge is 0.416 e. The van der Waals surface area contributed by atoms with Gasteiger partial charge in [-0.05, 0) is 55.3 Å². The van der Waals surface area contributed by atoms with Gasteiger partial charge in [0.1, 0.15) is 5.60 Å². The van der Waals surface area contributed by atoms with Crippen LogP contribution < -0.4 is 0 Å². The molecule has 0 aliphatic carbocycles. The number of hydrogen-bond acceptors (Lipinski definition) is 2. The molecule has 176 valence electrons. The fraction of sp³-hybridized carbons (Fsp3) is 0.375.